The molecule has 0 bridgehead atoms. The smallest absolute Gasteiger partial charge is 0.312 e. The molecule has 1 N–H and O–H groups in total. The van der Waals surface area contributed by atoms with Crippen molar-refractivity contribution in [1.82, 2.24) is 4.98 Å². The van der Waals surface area contributed by atoms with Crippen molar-refractivity contribution >= 4 is 39.2 Å². The van der Waals surface area contributed by atoms with Gasteiger partial charge in [-0.15, -0.1) is 0 Å². The topological polar surface area (TPSA) is 68.1 Å². The molecule has 0 aromatic carbocycles. The van der Waals surface area contributed by atoms with Crippen LogP contribution in [0.2, 0.25) is 0 Å². The quantitative estimate of drug-likeness (QED) is 0.667. The fourth-order valence-corrected chi connectivity index (χ4v) is 2.59. The second-order valence-corrected chi connectivity index (χ2v) is 6.21. The Morgan fingerprint density at radius 1 is 1.71 bits per heavy atom. The highest BCUT2D eigenvalue weighted by Gasteiger charge is 2.42. The second-order valence-electron chi connectivity index (χ2n) is 4.02. The number of hydrogen-bond donors (Lipinski definition) is 1. The van der Waals surface area contributed by atoms with Gasteiger partial charge in [0.15, 0.2) is 0 Å². The Labute approximate surface area is 112 Å². The Morgan fingerprint density at radius 2 is 2.41 bits per heavy atom. The molecule has 1 aromatic rings. The van der Waals surface area contributed by atoms with Crippen LogP contribution in [0.1, 0.15) is 12.8 Å². The maximum absolute atomic E-state index is 10.9. The summed E-state index contributed by atoms with van der Waals surface area (Å²) in [6.07, 6.45) is 5.95. The zero-order valence-corrected chi connectivity index (χ0v) is 11.7. The summed E-state index contributed by atoms with van der Waals surface area (Å²) in [6.45, 7) is 0.726. The van der Waals surface area contributed by atoms with Gasteiger partial charge in [-0.3, -0.25) is 10.1 Å². The lowest BCUT2D eigenvalue weighted by atomic mass is 10.3. The predicted octanol–water partition coefficient (Wildman–Crippen LogP) is 3.06. The highest BCUT2D eigenvalue weighted by atomic mass is 79.9. The standard InChI is InChI=1S/C10H12BrN3O2S/c1-17-10(2-3-10)6-13-9-8(14(15)16)4-7(11)5-12-9/h4-5H,2-3,6H2,1H3,(H,12,13). The summed E-state index contributed by atoms with van der Waals surface area (Å²) in [6, 6.07) is 1.47. The molecule has 0 spiro atoms. The number of pyridine rings is 1. The molecule has 17 heavy (non-hydrogen) atoms. The van der Waals surface area contributed by atoms with E-state index in [1.807, 2.05) is 0 Å². The molecule has 0 saturated heterocycles. The number of aromatic nitrogens is 1. The second kappa shape index (κ2) is 4.81. The molecule has 7 heteroatoms. The summed E-state index contributed by atoms with van der Waals surface area (Å²) in [7, 11) is 0. The number of nitrogens with one attached hydrogen (secondary N) is 1. The molecular weight excluding hydrogens is 306 g/mol. The average molecular weight is 318 g/mol. The van der Waals surface area contributed by atoms with E-state index in [-0.39, 0.29) is 10.4 Å². The van der Waals surface area contributed by atoms with Crippen LogP contribution in [0, 0.1) is 10.1 Å². The molecule has 2 rings (SSSR count). The fourth-order valence-electron chi connectivity index (χ4n) is 1.54. The lowest BCUT2D eigenvalue weighted by Crippen LogP contribution is -2.18. The van der Waals surface area contributed by atoms with Crippen LogP contribution in [0.25, 0.3) is 0 Å². The maximum Gasteiger partial charge on any atom is 0.312 e. The van der Waals surface area contributed by atoms with Gasteiger partial charge in [-0.25, -0.2) is 4.98 Å². The zero-order valence-electron chi connectivity index (χ0n) is 9.27. The Hall–Kier alpha value is -0.820. The Bertz CT molecular complexity index is 451. The molecule has 92 valence electrons. The van der Waals surface area contributed by atoms with Crippen LogP contribution in [0.5, 0.6) is 0 Å². The van der Waals surface area contributed by atoms with Crippen LogP contribution in [0.3, 0.4) is 0 Å². The number of halogens is 1. The molecule has 1 heterocycles. The molecule has 0 aliphatic heterocycles. The third-order valence-electron chi connectivity index (χ3n) is 2.85. The van der Waals surface area contributed by atoms with Crippen LogP contribution >= 0.6 is 27.7 Å². The van der Waals surface area contributed by atoms with Gasteiger partial charge in [0.2, 0.25) is 5.82 Å². The summed E-state index contributed by atoms with van der Waals surface area (Å²) < 4.78 is 0.864. The number of thioether (sulfide) groups is 1. The van der Waals surface area contributed by atoms with E-state index in [2.05, 4.69) is 32.5 Å². The summed E-state index contributed by atoms with van der Waals surface area (Å²) in [5, 5.41) is 14.0. The zero-order chi connectivity index (χ0) is 12.5. The number of anilines is 1. The number of nitrogens with zero attached hydrogens (tertiary/aromatic N) is 2. The van der Waals surface area contributed by atoms with Crippen molar-refractivity contribution in [2.24, 2.45) is 0 Å². The molecule has 1 saturated carbocycles. The van der Waals surface area contributed by atoms with Crippen molar-refractivity contribution in [1.29, 1.82) is 0 Å². The van der Waals surface area contributed by atoms with E-state index in [1.54, 1.807) is 18.0 Å². The monoisotopic (exact) mass is 317 g/mol. The molecule has 1 aliphatic rings. The lowest BCUT2D eigenvalue weighted by Gasteiger charge is -2.13. The summed E-state index contributed by atoms with van der Waals surface area (Å²) in [5.41, 5.74) is 0.0104. The van der Waals surface area contributed by atoms with E-state index >= 15 is 0 Å². The van der Waals surface area contributed by atoms with Crippen molar-refractivity contribution in [3.8, 4) is 0 Å². The first kappa shape index (κ1) is 12.6. The highest BCUT2D eigenvalue weighted by Crippen LogP contribution is 2.47. The molecule has 0 unspecified atom stereocenters. The average Bonchev–Trinajstić information content (AvgIpc) is 3.08. The lowest BCUT2D eigenvalue weighted by molar-refractivity contribution is -0.384. The van der Waals surface area contributed by atoms with Crippen LogP contribution in [0.4, 0.5) is 11.5 Å². The van der Waals surface area contributed by atoms with E-state index in [0.29, 0.717) is 10.3 Å². The first-order valence-corrected chi connectivity index (χ1v) is 7.17. The Kier molecular flexibility index (Phi) is 3.58. The first-order chi connectivity index (χ1) is 8.06. The maximum atomic E-state index is 10.9. The van der Waals surface area contributed by atoms with Crippen molar-refractivity contribution in [3.05, 3.63) is 26.9 Å². The van der Waals surface area contributed by atoms with Crippen LogP contribution in [-0.2, 0) is 0 Å². The summed E-state index contributed by atoms with van der Waals surface area (Å²) in [5.74, 6) is 0.346. The van der Waals surface area contributed by atoms with E-state index < -0.39 is 4.92 Å². The minimum atomic E-state index is -0.418. The number of hydrogen-bond acceptors (Lipinski definition) is 5. The van der Waals surface area contributed by atoms with Gasteiger partial charge in [-0.2, -0.15) is 11.8 Å². The number of rotatable bonds is 5. The van der Waals surface area contributed by atoms with Gasteiger partial charge in [0.25, 0.3) is 0 Å². The predicted molar refractivity (Wildman–Crippen MR) is 72.6 cm³/mol. The third kappa shape index (κ3) is 2.90. The SMILES string of the molecule is CSC1(CNc2ncc(Br)cc2[N+](=O)[O-])CC1. The summed E-state index contributed by atoms with van der Waals surface area (Å²) in [4.78, 5) is 14.5. The molecule has 1 fully saturated rings. The van der Waals surface area contributed by atoms with E-state index in [0.717, 1.165) is 19.4 Å². The molecule has 0 atom stereocenters. The molecule has 1 aliphatic carbocycles. The van der Waals surface area contributed by atoms with Gasteiger partial charge >= 0.3 is 5.69 Å². The molecule has 0 amide bonds. The van der Waals surface area contributed by atoms with Crippen molar-refractivity contribution in [2.45, 2.75) is 17.6 Å². The third-order valence-corrected chi connectivity index (χ3v) is 4.70. The molecule has 1 aromatic heterocycles. The Morgan fingerprint density at radius 3 is 2.94 bits per heavy atom. The van der Waals surface area contributed by atoms with Gasteiger partial charge in [0.1, 0.15) is 0 Å². The molecule has 0 radical (unpaired) electrons. The van der Waals surface area contributed by atoms with E-state index in [4.69, 9.17) is 0 Å². The highest BCUT2D eigenvalue weighted by molar-refractivity contribution is 9.10. The normalized spacial score (nSPS) is 16.6. The van der Waals surface area contributed by atoms with Crippen molar-refractivity contribution in [3.63, 3.8) is 0 Å². The van der Waals surface area contributed by atoms with Gasteiger partial charge in [0.05, 0.1) is 4.92 Å². The Balaban J connectivity index is 2.12. The van der Waals surface area contributed by atoms with Gasteiger partial charge in [-0.1, -0.05) is 0 Å². The van der Waals surface area contributed by atoms with Gasteiger partial charge in [0, 0.05) is 28.0 Å². The van der Waals surface area contributed by atoms with Crippen LogP contribution < -0.4 is 5.32 Å². The minimum absolute atomic E-state index is 0.0104. The van der Waals surface area contributed by atoms with E-state index in [1.165, 1.54) is 6.07 Å². The minimum Gasteiger partial charge on any atom is -0.363 e. The first-order valence-electron chi connectivity index (χ1n) is 5.15. The van der Waals surface area contributed by atoms with Crippen LogP contribution in [-0.4, -0.2) is 27.5 Å². The summed E-state index contributed by atoms with van der Waals surface area (Å²) >= 11 is 4.99. The van der Waals surface area contributed by atoms with Crippen molar-refractivity contribution < 1.29 is 4.92 Å². The van der Waals surface area contributed by atoms with Crippen molar-refractivity contribution in [2.75, 3.05) is 18.1 Å². The van der Waals surface area contributed by atoms with Gasteiger partial charge in [-0.05, 0) is 35.0 Å². The molecular formula is C10H12BrN3O2S. The molecule has 5 nitrogen and oxygen atoms in total. The largest absolute Gasteiger partial charge is 0.363 e. The van der Waals surface area contributed by atoms with Gasteiger partial charge < -0.3 is 5.32 Å². The fraction of sp³-hybridized carbons (Fsp3) is 0.500. The van der Waals surface area contributed by atoms with E-state index in [9.17, 15) is 10.1 Å². The number of nitro groups is 1. The van der Waals surface area contributed by atoms with Crippen LogP contribution in [0.15, 0.2) is 16.7 Å².